The van der Waals surface area contributed by atoms with Crippen molar-refractivity contribution in [3.8, 4) is 11.8 Å². The van der Waals surface area contributed by atoms with Crippen molar-refractivity contribution in [1.29, 1.82) is 0 Å². The van der Waals surface area contributed by atoms with E-state index >= 15 is 0 Å². The van der Waals surface area contributed by atoms with Gasteiger partial charge < -0.3 is 10.2 Å². The van der Waals surface area contributed by atoms with E-state index in [-0.39, 0.29) is 12.2 Å². The highest BCUT2D eigenvalue weighted by Gasteiger charge is 2.03. The third-order valence-corrected chi connectivity index (χ3v) is 2.16. The Morgan fingerprint density at radius 3 is 2.75 bits per heavy atom. The van der Waals surface area contributed by atoms with Gasteiger partial charge in [0.25, 0.3) is 0 Å². The van der Waals surface area contributed by atoms with Crippen molar-refractivity contribution in [2.24, 2.45) is 0 Å². The van der Waals surface area contributed by atoms with Crippen LogP contribution in [0.1, 0.15) is 34.3 Å². The van der Waals surface area contributed by atoms with Gasteiger partial charge >= 0.3 is 5.97 Å². The lowest BCUT2D eigenvalue weighted by Crippen LogP contribution is -1.97. The molecule has 84 valence electrons. The molecule has 1 aromatic rings. The van der Waals surface area contributed by atoms with Crippen LogP contribution in [0.15, 0.2) is 18.2 Å². The van der Waals surface area contributed by atoms with Gasteiger partial charge in [0.1, 0.15) is 0 Å². The largest absolute Gasteiger partial charge is 0.478 e. The molecule has 0 amide bonds. The lowest BCUT2D eigenvalue weighted by molar-refractivity contribution is 0.0697. The number of carboxylic acid groups (broad SMARTS) is 1. The number of carbonyl (C=O) groups is 1. The molecule has 0 aromatic heterocycles. The van der Waals surface area contributed by atoms with E-state index in [1.165, 1.54) is 0 Å². The van der Waals surface area contributed by atoms with E-state index in [2.05, 4.69) is 11.8 Å². The Balaban J connectivity index is 2.81. The maximum atomic E-state index is 10.7. The van der Waals surface area contributed by atoms with Crippen LogP contribution < -0.4 is 0 Å². The first-order valence-corrected chi connectivity index (χ1v) is 5.09. The van der Waals surface area contributed by atoms with Gasteiger partial charge in [-0.05, 0) is 37.1 Å². The summed E-state index contributed by atoms with van der Waals surface area (Å²) in [6.07, 6.45) is 1.32. The van der Waals surface area contributed by atoms with Gasteiger partial charge in [-0.2, -0.15) is 0 Å². The summed E-state index contributed by atoms with van der Waals surface area (Å²) in [7, 11) is 0. The van der Waals surface area contributed by atoms with E-state index in [1.54, 1.807) is 18.2 Å². The Hall–Kier alpha value is -1.79. The highest BCUT2D eigenvalue weighted by molar-refractivity contribution is 5.88. The van der Waals surface area contributed by atoms with E-state index in [0.29, 0.717) is 12.8 Å². The number of aryl methyl sites for hydroxylation is 1. The van der Waals surface area contributed by atoms with E-state index in [4.69, 9.17) is 10.2 Å². The monoisotopic (exact) mass is 218 g/mol. The summed E-state index contributed by atoms with van der Waals surface area (Å²) in [6, 6.07) is 4.87. The van der Waals surface area contributed by atoms with Crippen molar-refractivity contribution < 1.29 is 15.0 Å². The molecule has 0 aliphatic heterocycles. The van der Waals surface area contributed by atoms with Gasteiger partial charge in [-0.15, -0.1) is 0 Å². The Morgan fingerprint density at radius 2 is 2.19 bits per heavy atom. The fourth-order valence-electron chi connectivity index (χ4n) is 1.26. The summed E-state index contributed by atoms with van der Waals surface area (Å²) < 4.78 is 0. The highest BCUT2D eigenvalue weighted by atomic mass is 16.4. The van der Waals surface area contributed by atoms with Gasteiger partial charge in [0.05, 0.1) is 5.56 Å². The molecule has 0 atom stereocenters. The third kappa shape index (κ3) is 3.41. The predicted molar refractivity (Wildman–Crippen MR) is 61.3 cm³/mol. The zero-order valence-corrected chi connectivity index (χ0v) is 9.16. The van der Waals surface area contributed by atoms with E-state index in [0.717, 1.165) is 11.1 Å². The minimum Gasteiger partial charge on any atom is -0.478 e. The molecule has 0 radical (unpaired) electrons. The van der Waals surface area contributed by atoms with E-state index < -0.39 is 5.97 Å². The molecule has 2 N–H and O–H groups in total. The van der Waals surface area contributed by atoms with Crippen LogP contribution in [0.25, 0.3) is 0 Å². The lowest BCUT2D eigenvalue weighted by atomic mass is 10.1. The van der Waals surface area contributed by atoms with Crippen LogP contribution in [0.4, 0.5) is 0 Å². The molecule has 0 saturated carbocycles. The molecular formula is C13H14O3. The minimum absolute atomic E-state index is 0.144. The van der Waals surface area contributed by atoms with Crippen molar-refractivity contribution in [2.45, 2.75) is 19.8 Å². The van der Waals surface area contributed by atoms with Crippen LogP contribution in [0.5, 0.6) is 0 Å². The quantitative estimate of drug-likeness (QED) is 0.601. The summed E-state index contributed by atoms with van der Waals surface area (Å²) in [4.78, 5) is 10.7. The molecule has 0 heterocycles. The van der Waals surface area contributed by atoms with Crippen LogP contribution in [0.3, 0.4) is 0 Å². The smallest absolute Gasteiger partial charge is 0.335 e. The Bertz CT molecular complexity index is 438. The van der Waals surface area contributed by atoms with Gasteiger partial charge in [-0.3, -0.25) is 0 Å². The number of aliphatic hydroxyl groups excluding tert-OH is 1. The number of benzene rings is 1. The average Bonchev–Trinajstić information content (AvgIpc) is 2.26. The molecule has 0 spiro atoms. The molecule has 3 heteroatoms. The molecule has 1 aromatic carbocycles. The molecule has 3 nitrogen and oxygen atoms in total. The molecule has 0 unspecified atom stereocenters. The first kappa shape index (κ1) is 12.3. The molecule has 0 fully saturated rings. The van der Waals surface area contributed by atoms with Crippen LogP contribution in [-0.4, -0.2) is 22.8 Å². The highest BCUT2D eigenvalue weighted by Crippen LogP contribution is 2.10. The fraction of sp³-hybridized carbons (Fsp3) is 0.308. The number of unbranched alkanes of at least 4 members (excludes halogenated alkanes) is 1. The van der Waals surface area contributed by atoms with Crippen molar-refractivity contribution >= 4 is 5.97 Å². The number of hydrogen-bond donors (Lipinski definition) is 2. The van der Waals surface area contributed by atoms with Gasteiger partial charge in [0.2, 0.25) is 0 Å². The standard InChI is InChI=1S/C13H14O3/c1-10-9-12(13(15)16)7-6-11(10)5-3-2-4-8-14/h6-7,9,14H,2,4,8H2,1H3,(H,15,16). The maximum Gasteiger partial charge on any atom is 0.335 e. The van der Waals surface area contributed by atoms with Crippen molar-refractivity contribution in [1.82, 2.24) is 0 Å². The van der Waals surface area contributed by atoms with Crippen molar-refractivity contribution in [2.75, 3.05) is 6.61 Å². The lowest BCUT2D eigenvalue weighted by Gasteiger charge is -1.99. The van der Waals surface area contributed by atoms with Crippen LogP contribution in [0, 0.1) is 18.8 Å². The number of carboxylic acids is 1. The Morgan fingerprint density at radius 1 is 1.44 bits per heavy atom. The number of aromatic carboxylic acids is 1. The summed E-state index contributed by atoms with van der Waals surface area (Å²) in [6.45, 7) is 1.98. The molecule has 0 bridgehead atoms. The normalized spacial score (nSPS) is 9.38. The molecular weight excluding hydrogens is 204 g/mol. The van der Waals surface area contributed by atoms with Gasteiger partial charge in [0, 0.05) is 18.6 Å². The Kier molecular flexibility index (Phi) is 4.56. The topological polar surface area (TPSA) is 57.5 Å². The minimum atomic E-state index is -0.928. The van der Waals surface area contributed by atoms with Gasteiger partial charge in [-0.1, -0.05) is 11.8 Å². The van der Waals surface area contributed by atoms with E-state index in [9.17, 15) is 4.79 Å². The zero-order valence-electron chi connectivity index (χ0n) is 9.16. The van der Waals surface area contributed by atoms with E-state index in [1.807, 2.05) is 6.92 Å². The predicted octanol–water partition coefficient (Wildman–Crippen LogP) is 1.82. The SMILES string of the molecule is Cc1cc(C(=O)O)ccc1C#CCCCO. The molecule has 0 aliphatic carbocycles. The summed E-state index contributed by atoms with van der Waals surface area (Å²) in [5, 5.41) is 17.4. The van der Waals surface area contributed by atoms with Crippen molar-refractivity contribution in [3.63, 3.8) is 0 Å². The molecule has 0 saturated heterocycles. The first-order valence-electron chi connectivity index (χ1n) is 5.09. The second kappa shape index (κ2) is 5.94. The molecule has 16 heavy (non-hydrogen) atoms. The number of rotatable bonds is 3. The third-order valence-electron chi connectivity index (χ3n) is 2.16. The maximum absolute atomic E-state index is 10.7. The summed E-state index contributed by atoms with van der Waals surface area (Å²) in [5.74, 6) is 4.97. The van der Waals surface area contributed by atoms with Crippen LogP contribution in [0.2, 0.25) is 0 Å². The second-order valence-electron chi connectivity index (χ2n) is 3.46. The van der Waals surface area contributed by atoms with Gasteiger partial charge in [-0.25, -0.2) is 4.79 Å². The van der Waals surface area contributed by atoms with Crippen molar-refractivity contribution in [3.05, 3.63) is 34.9 Å². The molecule has 1 rings (SSSR count). The first-order chi connectivity index (χ1) is 7.65. The van der Waals surface area contributed by atoms with Gasteiger partial charge in [0.15, 0.2) is 0 Å². The zero-order chi connectivity index (χ0) is 12.0. The Labute approximate surface area is 94.7 Å². The number of hydrogen-bond acceptors (Lipinski definition) is 2. The van der Waals surface area contributed by atoms with Crippen LogP contribution >= 0.6 is 0 Å². The number of aliphatic hydroxyl groups is 1. The summed E-state index contributed by atoms with van der Waals surface area (Å²) >= 11 is 0. The second-order valence-corrected chi connectivity index (χ2v) is 3.46. The molecule has 0 aliphatic rings. The summed E-state index contributed by atoms with van der Waals surface area (Å²) in [5.41, 5.74) is 1.97. The average molecular weight is 218 g/mol. The van der Waals surface area contributed by atoms with Crippen LogP contribution in [-0.2, 0) is 0 Å². The fourth-order valence-corrected chi connectivity index (χ4v) is 1.26.